The molecule has 0 unspecified atom stereocenters. The molecule has 2 fully saturated rings. The van der Waals surface area contributed by atoms with Crippen LogP contribution in [0.15, 0.2) is 11.6 Å². The van der Waals surface area contributed by atoms with Gasteiger partial charge < -0.3 is 5.32 Å². The molecule has 2 rings (SSSR count). The van der Waals surface area contributed by atoms with Gasteiger partial charge in [-0.2, -0.15) is 11.8 Å². The molecule has 108 valence electrons. The number of carbonyl (C=O) groups excluding carboxylic acids is 1. The molecule has 19 heavy (non-hydrogen) atoms. The van der Waals surface area contributed by atoms with Crippen molar-refractivity contribution in [2.24, 2.45) is 11.8 Å². The van der Waals surface area contributed by atoms with E-state index >= 15 is 0 Å². The van der Waals surface area contributed by atoms with Crippen LogP contribution in [0, 0.1) is 11.8 Å². The highest BCUT2D eigenvalue weighted by Crippen LogP contribution is 2.41. The van der Waals surface area contributed by atoms with E-state index in [1.807, 2.05) is 6.26 Å². The van der Waals surface area contributed by atoms with E-state index in [1.54, 1.807) is 11.8 Å². The van der Waals surface area contributed by atoms with Crippen molar-refractivity contribution in [2.45, 2.75) is 32.7 Å². The molecule has 0 radical (unpaired) electrons. The molecule has 2 aliphatic rings. The minimum Gasteiger partial charge on any atom is -0.351 e. The molecule has 1 heterocycles. The lowest BCUT2D eigenvalue weighted by atomic mass is 9.98. The van der Waals surface area contributed by atoms with Gasteiger partial charge in [0.25, 0.3) is 0 Å². The van der Waals surface area contributed by atoms with Crippen LogP contribution in [0.5, 0.6) is 0 Å². The van der Waals surface area contributed by atoms with Crippen molar-refractivity contribution in [3.8, 4) is 0 Å². The smallest absolute Gasteiger partial charge is 0.230 e. The highest BCUT2D eigenvalue weighted by molar-refractivity contribution is 7.99. The van der Waals surface area contributed by atoms with E-state index in [0.717, 1.165) is 25.6 Å². The fourth-order valence-corrected chi connectivity index (χ4v) is 3.37. The summed E-state index contributed by atoms with van der Waals surface area (Å²) in [7, 11) is 0. The Morgan fingerprint density at radius 1 is 1.42 bits per heavy atom. The van der Waals surface area contributed by atoms with Crippen molar-refractivity contribution in [1.29, 1.82) is 0 Å². The molecule has 1 saturated carbocycles. The fraction of sp³-hybridized carbons (Fsp3) is 0.800. The summed E-state index contributed by atoms with van der Waals surface area (Å²) >= 11 is 1.60. The lowest BCUT2D eigenvalue weighted by molar-refractivity contribution is -0.119. The second-order valence-electron chi connectivity index (χ2n) is 5.94. The Balaban J connectivity index is 1.90. The van der Waals surface area contributed by atoms with Crippen LogP contribution >= 0.6 is 11.8 Å². The molecule has 0 bridgehead atoms. The standard InChI is InChI=1S/C15H26N2OS/c1-4-11(2)7-17-8-13(12-5-6-12)14(9-17)16-15(18)10-19-3/h4,12-14H,5-10H2,1-3H3,(H,16,18)/t13-,14+/m1/s1. The van der Waals surface area contributed by atoms with E-state index in [1.165, 1.54) is 18.4 Å². The Morgan fingerprint density at radius 2 is 2.16 bits per heavy atom. The maximum Gasteiger partial charge on any atom is 0.230 e. The molecular formula is C15H26N2OS. The van der Waals surface area contributed by atoms with Crippen LogP contribution in [-0.4, -0.2) is 48.5 Å². The van der Waals surface area contributed by atoms with Gasteiger partial charge in [-0.05, 0) is 44.8 Å². The van der Waals surface area contributed by atoms with Crippen LogP contribution in [-0.2, 0) is 4.79 Å². The summed E-state index contributed by atoms with van der Waals surface area (Å²) in [4.78, 5) is 14.3. The minimum atomic E-state index is 0.202. The summed E-state index contributed by atoms with van der Waals surface area (Å²) in [6.45, 7) is 7.51. The van der Waals surface area contributed by atoms with Crippen LogP contribution in [0.25, 0.3) is 0 Å². The summed E-state index contributed by atoms with van der Waals surface area (Å²) in [5.74, 6) is 2.32. The molecule has 4 heteroatoms. The maximum atomic E-state index is 11.8. The average Bonchev–Trinajstić information content (AvgIpc) is 3.14. The van der Waals surface area contributed by atoms with Gasteiger partial charge >= 0.3 is 0 Å². The number of carbonyl (C=O) groups is 1. The molecule has 1 aliphatic heterocycles. The first kappa shape index (κ1) is 14.9. The SMILES string of the molecule is CC=C(C)CN1C[C@H](NC(=O)CSC)[C@@H](C2CC2)C1. The van der Waals surface area contributed by atoms with E-state index in [9.17, 15) is 4.79 Å². The van der Waals surface area contributed by atoms with Crippen molar-refractivity contribution in [2.75, 3.05) is 31.6 Å². The van der Waals surface area contributed by atoms with E-state index in [0.29, 0.717) is 17.7 Å². The zero-order valence-corrected chi connectivity index (χ0v) is 13.1. The monoisotopic (exact) mass is 282 g/mol. The van der Waals surface area contributed by atoms with Gasteiger partial charge in [0.2, 0.25) is 5.91 Å². The van der Waals surface area contributed by atoms with Gasteiger partial charge in [-0.25, -0.2) is 0 Å². The zero-order valence-electron chi connectivity index (χ0n) is 12.3. The molecule has 3 nitrogen and oxygen atoms in total. The first-order valence-corrected chi connectivity index (χ1v) is 8.66. The largest absolute Gasteiger partial charge is 0.351 e. The van der Waals surface area contributed by atoms with Crippen molar-refractivity contribution < 1.29 is 4.79 Å². The molecule has 1 aliphatic carbocycles. The zero-order chi connectivity index (χ0) is 13.8. The van der Waals surface area contributed by atoms with Crippen LogP contribution in [0.1, 0.15) is 26.7 Å². The predicted octanol–water partition coefficient (Wildman–Crippen LogP) is 2.14. The third-order valence-corrected chi connectivity index (χ3v) is 4.81. The van der Waals surface area contributed by atoms with E-state index in [-0.39, 0.29) is 5.91 Å². The van der Waals surface area contributed by atoms with Crippen molar-refractivity contribution in [1.82, 2.24) is 10.2 Å². The Kier molecular flexibility index (Phi) is 5.34. The quantitative estimate of drug-likeness (QED) is 0.758. The van der Waals surface area contributed by atoms with Crippen molar-refractivity contribution in [3.05, 3.63) is 11.6 Å². The average molecular weight is 282 g/mol. The Labute approximate surface area is 121 Å². The topological polar surface area (TPSA) is 32.3 Å². The molecule has 1 N–H and O–H groups in total. The van der Waals surface area contributed by atoms with Crippen LogP contribution < -0.4 is 5.32 Å². The Hall–Kier alpha value is -0.480. The number of amides is 1. The van der Waals surface area contributed by atoms with Crippen LogP contribution in [0.2, 0.25) is 0 Å². The number of rotatable bonds is 6. The highest BCUT2D eigenvalue weighted by Gasteiger charge is 2.42. The summed E-state index contributed by atoms with van der Waals surface area (Å²) in [5, 5.41) is 3.25. The third kappa shape index (κ3) is 4.25. The van der Waals surface area contributed by atoms with Gasteiger partial charge in [0, 0.05) is 25.7 Å². The second-order valence-corrected chi connectivity index (χ2v) is 6.80. The predicted molar refractivity (Wildman–Crippen MR) is 82.4 cm³/mol. The first-order valence-electron chi connectivity index (χ1n) is 7.26. The third-order valence-electron chi connectivity index (χ3n) is 4.26. The molecule has 0 aromatic heterocycles. The van der Waals surface area contributed by atoms with E-state index in [2.05, 4.69) is 30.1 Å². The molecule has 0 aromatic rings. The fourth-order valence-electron chi connectivity index (χ4n) is 3.02. The van der Waals surface area contributed by atoms with Gasteiger partial charge in [-0.1, -0.05) is 11.6 Å². The van der Waals surface area contributed by atoms with Crippen LogP contribution in [0.3, 0.4) is 0 Å². The Bertz CT molecular complexity index is 352. The number of nitrogens with one attached hydrogen (secondary N) is 1. The van der Waals surface area contributed by atoms with Gasteiger partial charge in [0.15, 0.2) is 0 Å². The van der Waals surface area contributed by atoms with Crippen molar-refractivity contribution >= 4 is 17.7 Å². The minimum absolute atomic E-state index is 0.202. The lowest BCUT2D eigenvalue weighted by Crippen LogP contribution is -2.42. The number of allylic oxidation sites excluding steroid dienone is 1. The van der Waals surface area contributed by atoms with Crippen LogP contribution in [0.4, 0.5) is 0 Å². The summed E-state index contributed by atoms with van der Waals surface area (Å²) < 4.78 is 0. The molecule has 1 amide bonds. The number of nitrogens with zero attached hydrogens (tertiary/aromatic N) is 1. The van der Waals surface area contributed by atoms with Crippen molar-refractivity contribution in [3.63, 3.8) is 0 Å². The lowest BCUT2D eigenvalue weighted by Gasteiger charge is -2.19. The summed E-state index contributed by atoms with van der Waals surface area (Å²) in [5.41, 5.74) is 1.42. The molecule has 0 aromatic carbocycles. The normalized spacial score (nSPS) is 28.7. The molecule has 1 saturated heterocycles. The summed E-state index contributed by atoms with van der Waals surface area (Å²) in [6.07, 6.45) is 6.88. The van der Waals surface area contributed by atoms with Gasteiger partial charge in [-0.3, -0.25) is 9.69 Å². The number of thioether (sulfide) groups is 1. The number of hydrogen-bond acceptors (Lipinski definition) is 3. The van der Waals surface area contributed by atoms with E-state index < -0.39 is 0 Å². The number of hydrogen-bond donors (Lipinski definition) is 1. The number of likely N-dealkylation sites (tertiary alicyclic amines) is 1. The van der Waals surface area contributed by atoms with E-state index in [4.69, 9.17) is 0 Å². The second kappa shape index (κ2) is 6.80. The maximum absolute atomic E-state index is 11.8. The van der Waals surface area contributed by atoms with Gasteiger partial charge in [0.1, 0.15) is 0 Å². The summed E-state index contributed by atoms with van der Waals surface area (Å²) in [6, 6.07) is 0.372. The van der Waals surface area contributed by atoms with Gasteiger partial charge in [0.05, 0.1) is 5.75 Å². The first-order chi connectivity index (χ1) is 9.13. The molecule has 0 spiro atoms. The highest BCUT2D eigenvalue weighted by atomic mass is 32.2. The van der Waals surface area contributed by atoms with Gasteiger partial charge in [-0.15, -0.1) is 0 Å². The Morgan fingerprint density at radius 3 is 2.74 bits per heavy atom. The molecular weight excluding hydrogens is 256 g/mol. The molecule has 2 atom stereocenters.